The van der Waals surface area contributed by atoms with E-state index in [1.165, 1.54) is 16.7 Å². The Bertz CT molecular complexity index is 690. The molecule has 0 amide bonds. The molecule has 0 saturated carbocycles. The molecule has 2 heteroatoms. The Morgan fingerprint density at radius 2 is 1.42 bits per heavy atom. The molecule has 1 aromatic heterocycles. The van der Waals surface area contributed by atoms with Crippen molar-refractivity contribution < 1.29 is 0 Å². The Balaban J connectivity index is 2.21. The molecule has 0 fully saturated rings. The molecule has 3 rings (SSSR count). The Morgan fingerprint density at radius 1 is 0.737 bits per heavy atom. The van der Waals surface area contributed by atoms with Gasteiger partial charge in [-0.3, -0.25) is 0 Å². The molecule has 19 heavy (non-hydrogen) atoms. The minimum Gasteiger partial charge on any atom is -0.245 e. The predicted octanol–water partition coefficient (Wildman–Crippen LogP) is 4.12. The summed E-state index contributed by atoms with van der Waals surface area (Å²) in [5.74, 6) is 0. The molecule has 0 radical (unpaired) electrons. The van der Waals surface area contributed by atoms with Crippen LogP contribution in [-0.2, 0) is 0 Å². The Morgan fingerprint density at radius 3 is 2.11 bits per heavy atom. The van der Waals surface area contributed by atoms with Gasteiger partial charge in [0.2, 0.25) is 0 Å². The van der Waals surface area contributed by atoms with Crippen molar-refractivity contribution in [1.82, 2.24) is 9.97 Å². The van der Waals surface area contributed by atoms with Gasteiger partial charge in [0.05, 0.1) is 5.69 Å². The lowest BCUT2D eigenvalue weighted by molar-refractivity contribution is 1.17. The van der Waals surface area contributed by atoms with Crippen LogP contribution in [0.2, 0.25) is 0 Å². The largest absolute Gasteiger partial charge is 0.245 e. The minimum atomic E-state index is 0.953. The molecule has 2 nitrogen and oxygen atoms in total. The Kier molecular flexibility index (Phi) is 3.07. The lowest BCUT2D eigenvalue weighted by Crippen LogP contribution is -1.90. The highest BCUT2D eigenvalue weighted by molar-refractivity contribution is 5.83. The zero-order chi connectivity index (χ0) is 13.1. The number of hydrogen-bond acceptors (Lipinski definition) is 2. The van der Waals surface area contributed by atoms with Gasteiger partial charge in [0.1, 0.15) is 6.33 Å². The fourth-order valence-corrected chi connectivity index (χ4v) is 2.27. The molecule has 3 aromatic rings. The van der Waals surface area contributed by atoms with Gasteiger partial charge in [0.25, 0.3) is 0 Å². The number of benzene rings is 2. The summed E-state index contributed by atoms with van der Waals surface area (Å²) in [5, 5.41) is 0. The van der Waals surface area contributed by atoms with E-state index in [-0.39, 0.29) is 0 Å². The molecule has 0 aliphatic rings. The van der Waals surface area contributed by atoms with E-state index in [0.29, 0.717) is 0 Å². The Hall–Kier alpha value is -2.48. The van der Waals surface area contributed by atoms with Crippen LogP contribution in [0.15, 0.2) is 67.1 Å². The number of hydrogen-bond donors (Lipinski definition) is 0. The molecule has 0 spiro atoms. The van der Waals surface area contributed by atoms with Crippen LogP contribution in [0, 0.1) is 6.92 Å². The highest BCUT2D eigenvalue weighted by Crippen LogP contribution is 2.32. The Labute approximate surface area is 112 Å². The van der Waals surface area contributed by atoms with Crippen molar-refractivity contribution in [2.45, 2.75) is 6.92 Å². The average Bonchev–Trinajstić information content (AvgIpc) is 2.49. The van der Waals surface area contributed by atoms with Gasteiger partial charge in [0, 0.05) is 11.8 Å². The second-order valence-electron chi connectivity index (χ2n) is 4.46. The van der Waals surface area contributed by atoms with Crippen LogP contribution in [0.4, 0.5) is 0 Å². The average molecular weight is 246 g/mol. The summed E-state index contributed by atoms with van der Waals surface area (Å²) in [5.41, 5.74) is 5.81. The van der Waals surface area contributed by atoms with Crippen LogP contribution in [0.25, 0.3) is 22.4 Å². The molecular formula is C17H14N2. The normalized spacial score (nSPS) is 10.4. The summed E-state index contributed by atoms with van der Waals surface area (Å²) < 4.78 is 0. The first-order valence-electron chi connectivity index (χ1n) is 6.27. The van der Waals surface area contributed by atoms with Crippen molar-refractivity contribution in [2.24, 2.45) is 0 Å². The van der Waals surface area contributed by atoms with Crippen molar-refractivity contribution in [3.63, 3.8) is 0 Å². The predicted molar refractivity (Wildman–Crippen MR) is 77.6 cm³/mol. The standard InChI is InChI=1S/C17H14N2/c1-13-6-2-3-7-14(13)15-8-4-5-9-16(15)17-10-11-18-12-19-17/h2-12H,1H3. The van der Waals surface area contributed by atoms with E-state index < -0.39 is 0 Å². The number of rotatable bonds is 2. The van der Waals surface area contributed by atoms with E-state index in [2.05, 4.69) is 59.4 Å². The fourth-order valence-electron chi connectivity index (χ4n) is 2.27. The third-order valence-corrected chi connectivity index (χ3v) is 3.22. The van der Waals surface area contributed by atoms with E-state index in [1.54, 1.807) is 12.5 Å². The van der Waals surface area contributed by atoms with Gasteiger partial charge in [-0.05, 0) is 29.7 Å². The third-order valence-electron chi connectivity index (χ3n) is 3.22. The van der Waals surface area contributed by atoms with E-state index >= 15 is 0 Å². The van der Waals surface area contributed by atoms with Crippen molar-refractivity contribution >= 4 is 0 Å². The van der Waals surface area contributed by atoms with Gasteiger partial charge in [-0.25, -0.2) is 9.97 Å². The number of aryl methyl sites for hydroxylation is 1. The molecule has 0 atom stereocenters. The topological polar surface area (TPSA) is 25.8 Å². The summed E-state index contributed by atoms with van der Waals surface area (Å²) in [7, 11) is 0. The first-order valence-corrected chi connectivity index (χ1v) is 6.27. The maximum absolute atomic E-state index is 4.35. The third kappa shape index (κ3) is 2.25. The van der Waals surface area contributed by atoms with E-state index in [4.69, 9.17) is 0 Å². The van der Waals surface area contributed by atoms with Crippen molar-refractivity contribution in [3.05, 3.63) is 72.7 Å². The van der Waals surface area contributed by atoms with Crippen molar-refractivity contribution in [3.8, 4) is 22.4 Å². The SMILES string of the molecule is Cc1ccccc1-c1ccccc1-c1ccncn1. The van der Waals surface area contributed by atoms with Gasteiger partial charge >= 0.3 is 0 Å². The molecule has 0 saturated heterocycles. The zero-order valence-corrected chi connectivity index (χ0v) is 10.7. The lowest BCUT2D eigenvalue weighted by Gasteiger charge is -2.11. The van der Waals surface area contributed by atoms with Crippen LogP contribution >= 0.6 is 0 Å². The molecular weight excluding hydrogens is 232 g/mol. The molecule has 2 aromatic carbocycles. The number of nitrogens with zero attached hydrogens (tertiary/aromatic N) is 2. The van der Waals surface area contributed by atoms with Crippen LogP contribution in [-0.4, -0.2) is 9.97 Å². The molecule has 1 heterocycles. The minimum absolute atomic E-state index is 0.953. The van der Waals surface area contributed by atoms with Gasteiger partial charge in [0.15, 0.2) is 0 Å². The van der Waals surface area contributed by atoms with Crippen LogP contribution in [0.3, 0.4) is 0 Å². The second-order valence-corrected chi connectivity index (χ2v) is 4.46. The summed E-state index contributed by atoms with van der Waals surface area (Å²) in [4.78, 5) is 8.33. The van der Waals surface area contributed by atoms with E-state index in [9.17, 15) is 0 Å². The molecule has 0 aliphatic heterocycles. The first kappa shape index (κ1) is 11.6. The summed E-state index contributed by atoms with van der Waals surface area (Å²) in [6, 6.07) is 18.7. The fraction of sp³-hybridized carbons (Fsp3) is 0.0588. The molecule has 92 valence electrons. The van der Waals surface area contributed by atoms with Crippen molar-refractivity contribution in [2.75, 3.05) is 0 Å². The molecule has 0 unspecified atom stereocenters. The number of aromatic nitrogens is 2. The quantitative estimate of drug-likeness (QED) is 0.679. The molecule has 0 N–H and O–H groups in total. The maximum atomic E-state index is 4.35. The van der Waals surface area contributed by atoms with Gasteiger partial charge in [-0.2, -0.15) is 0 Å². The monoisotopic (exact) mass is 246 g/mol. The molecule has 0 aliphatic carbocycles. The first-order chi connectivity index (χ1) is 9.36. The van der Waals surface area contributed by atoms with Crippen molar-refractivity contribution in [1.29, 1.82) is 0 Å². The van der Waals surface area contributed by atoms with Crippen LogP contribution in [0.5, 0.6) is 0 Å². The molecule has 0 bridgehead atoms. The lowest BCUT2D eigenvalue weighted by atomic mass is 9.94. The smallest absolute Gasteiger partial charge is 0.116 e. The van der Waals surface area contributed by atoms with Gasteiger partial charge < -0.3 is 0 Å². The van der Waals surface area contributed by atoms with Gasteiger partial charge in [-0.15, -0.1) is 0 Å². The van der Waals surface area contributed by atoms with Crippen LogP contribution < -0.4 is 0 Å². The highest BCUT2D eigenvalue weighted by Gasteiger charge is 2.08. The van der Waals surface area contributed by atoms with E-state index in [0.717, 1.165) is 11.3 Å². The maximum Gasteiger partial charge on any atom is 0.116 e. The summed E-state index contributed by atoms with van der Waals surface area (Å²) in [6.45, 7) is 2.13. The van der Waals surface area contributed by atoms with Gasteiger partial charge in [-0.1, -0.05) is 48.5 Å². The summed E-state index contributed by atoms with van der Waals surface area (Å²) >= 11 is 0. The van der Waals surface area contributed by atoms with E-state index in [1.807, 2.05) is 12.1 Å². The highest BCUT2D eigenvalue weighted by atomic mass is 14.8. The van der Waals surface area contributed by atoms with Crippen LogP contribution in [0.1, 0.15) is 5.56 Å². The zero-order valence-electron chi connectivity index (χ0n) is 10.7. The summed E-state index contributed by atoms with van der Waals surface area (Å²) in [6.07, 6.45) is 3.36. The second kappa shape index (κ2) is 5.02.